The molecule has 0 spiro atoms. The lowest BCUT2D eigenvalue weighted by atomic mass is 10.2. The highest BCUT2D eigenvalue weighted by molar-refractivity contribution is 7.92. The number of rotatable bonds is 5. The van der Waals surface area contributed by atoms with Crippen molar-refractivity contribution >= 4 is 38.9 Å². The zero-order valence-corrected chi connectivity index (χ0v) is 18.5. The summed E-state index contributed by atoms with van der Waals surface area (Å²) in [4.78, 5) is 12.6. The third kappa shape index (κ3) is 4.35. The third-order valence-electron chi connectivity index (χ3n) is 4.91. The van der Waals surface area contributed by atoms with Gasteiger partial charge in [-0.3, -0.25) is 9.52 Å². The summed E-state index contributed by atoms with van der Waals surface area (Å²) in [5.41, 5.74) is 1.10. The van der Waals surface area contributed by atoms with Crippen molar-refractivity contribution in [2.75, 3.05) is 30.0 Å². The lowest BCUT2D eigenvalue weighted by Crippen LogP contribution is -2.17. The molecule has 3 aromatic carbocycles. The zero-order chi connectivity index (χ0) is 23.0. The van der Waals surface area contributed by atoms with E-state index in [-0.39, 0.29) is 16.7 Å². The Morgan fingerprint density at radius 3 is 2.33 bits per heavy atom. The number of benzene rings is 3. The standard InChI is InChI=1S/C22H17ClN2O7S/c23-17-9-13(10-20-21(17)32-12-31-20)22(26)24-14-1-3-15(4-2-14)25-33(27,28)16-5-6-18-19(11-16)30-8-7-29-18/h1-6,9-11,25H,7-8,12H2,(H,24,26). The van der Waals surface area contributed by atoms with E-state index in [0.717, 1.165) is 0 Å². The molecule has 0 saturated heterocycles. The second kappa shape index (κ2) is 8.38. The molecule has 2 aliphatic rings. The molecule has 2 aliphatic heterocycles. The van der Waals surface area contributed by atoms with Crippen LogP contribution in [0.2, 0.25) is 5.02 Å². The van der Waals surface area contributed by atoms with Gasteiger partial charge in [0.25, 0.3) is 15.9 Å². The molecule has 2 N–H and O–H groups in total. The molecule has 2 heterocycles. The Bertz CT molecular complexity index is 1340. The van der Waals surface area contributed by atoms with E-state index in [9.17, 15) is 13.2 Å². The highest BCUT2D eigenvalue weighted by Gasteiger charge is 2.22. The number of hydrogen-bond donors (Lipinski definition) is 2. The zero-order valence-electron chi connectivity index (χ0n) is 17.0. The van der Waals surface area contributed by atoms with Gasteiger partial charge in [0.2, 0.25) is 6.79 Å². The second-order valence-corrected chi connectivity index (χ2v) is 9.22. The van der Waals surface area contributed by atoms with Crippen LogP contribution < -0.4 is 29.0 Å². The van der Waals surface area contributed by atoms with Crippen molar-refractivity contribution in [1.29, 1.82) is 0 Å². The van der Waals surface area contributed by atoms with E-state index in [2.05, 4.69) is 10.0 Å². The van der Waals surface area contributed by atoms with E-state index in [0.29, 0.717) is 53.2 Å². The van der Waals surface area contributed by atoms with Crippen LogP contribution >= 0.6 is 11.6 Å². The van der Waals surface area contributed by atoms with Gasteiger partial charge in [0.05, 0.1) is 9.92 Å². The Labute approximate surface area is 194 Å². The number of nitrogens with one attached hydrogen (secondary N) is 2. The molecule has 0 atom stereocenters. The molecule has 0 radical (unpaired) electrons. The number of fused-ring (bicyclic) bond motifs is 2. The number of anilines is 2. The summed E-state index contributed by atoms with van der Waals surface area (Å²) < 4.78 is 49.4. The minimum atomic E-state index is -3.85. The third-order valence-corrected chi connectivity index (χ3v) is 6.57. The smallest absolute Gasteiger partial charge is 0.262 e. The molecule has 0 saturated carbocycles. The molecule has 0 aliphatic carbocycles. The molecule has 9 nitrogen and oxygen atoms in total. The lowest BCUT2D eigenvalue weighted by Gasteiger charge is -2.19. The van der Waals surface area contributed by atoms with E-state index in [1.807, 2.05) is 0 Å². The van der Waals surface area contributed by atoms with Crippen molar-refractivity contribution in [2.24, 2.45) is 0 Å². The van der Waals surface area contributed by atoms with Crippen LogP contribution in [0.15, 0.2) is 59.5 Å². The summed E-state index contributed by atoms with van der Waals surface area (Å²) in [7, 11) is -3.85. The highest BCUT2D eigenvalue weighted by atomic mass is 35.5. The minimum Gasteiger partial charge on any atom is -0.486 e. The van der Waals surface area contributed by atoms with Crippen LogP contribution in [-0.4, -0.2) is 34.3 Å². The number of amides is 1. The number of carbonyl (C=O) groups excluding carboxylic acids is 1. The van der Waals surface area contributed by atoms with Crippen LogP contribution in [0.5, 0.6) is 23.0 Å². The Hall–Kier alpha value is -3.63. The first kappa shape index (κ1) is 21.2. The van der Waals surface area contributed by atoms with Crippen LogP contribution in [0.3, 0.4) is 0 Å². The summed E-state index contributed by atoms with van der Waals surface area (Å²) in [6.07, 6.45) is 0. The maximum atomic E-state index is 12.7. The molecule has 170 valence electrons. The first-order valence-corrected chi connectivity index (χ1v) is 11.7. The molecule has 0 unspecified atom stereocenters. The van der Waals surface area contributed by atoms with Gasteiger partial charge in [-0.2, -0.15) is 0 Å². The molecule has 0 aromatic heterocycles. The van der Waals surface area contributed by atoms with Crippen LogP contribution in [0.25, 0.3) is 0 Å². The van der Waals surface area contributed by atoms with E-state index in [1.54, 1.807) is 24.3 Å². The summed E-state index contributed by atoms with van der Waals surface area (Å²) in [5, 5.41) is 3.01. The van der Waals surface area contributed by atoms with E-state index in [1.165, 1.54) is 30.3 Å². The molecule has 5 rings (SSSR count). The van der Waals surface area contributed by atoms with Crippen molar-refractivity contribution < 1.29 is 32.2 Å². The van der Waals surface area contributed by atoms with Crippen molar-refractivity contribution in [1.82, 2.24) is 0 Å². The summed E-state index contributed by atoms with van der Waals surface area (Å²) in [5.74, 6) is 1.29. The molecule has 0 bridgehead atoms. The van der Waals surface area contributed by atoms with Gasteiger partial charge in [0.1, 0.15) is 13.2 Å². The van der Waals surface area contributed by atoms with E-state index in [4.69, 9.17) is 30.5 Å². The van der Waals surface area contributed by atoms with Gasteiger partial charge in [0, 0.05) is 23.0 Å². The minimum absolute atomic E-state index is 0.0452. The number of halogens is 1. The molecular weight excluding hydrogens is 472 g/mol. The predicted molar refractivity (Wildman–Crippen MR) is 120 cm³/mol. The molecular formula is C22H17ClN2O7S. The number of hydrogen-bond acceptors (Lipinski definition) is 7. The second-order valence-electron chi connectivity index (χ2n) is 7.13. The van der Waals surface area contributed by atoms with Crippen molar-refractivity contribution in [3.8, 4) is 23.0 Å². The van der Waals surface area contributed by atoms with Gasteiger partial charge in [-0.25, -0.2) is 8.42 Å². The quantitative estimate of drug-likeness (QED) is 0.560. The SMILES string of the molecule is O=C(Nc1ccc(NS(=O)(=O)c2ccc3c(c2)OCCO3)cc1)c1cc(Cl)c2c(c1)OCO2. The fourth-order valence-corrected chi connectivity index (χ4v) is 4.67. The van der Waals surface area contributed by atoms with E-state index >= 15 is 0 Å². The largest absolute Gasteiger partial charge is 0.486 e. The summed E-state index contributed by atoms with van der Waals surface area (Å²) in [6.45, 7) is 0.821. The summed E-state index contributed by atoms with van der Waals surface area (Å²) >= 11 is 6.13. The highest BCUT2D eigenvalue weighted by Crippen LogP contribution is 2.40. The van der Waals surface area contributed by atoms with Crippen LogP contribution in [0.4, 0.5) is 11.4 Å². The van der Waals surface area contributed by atoms with Crippen LogP contribution in [-0.2, 0) is 10.0 Å². The van der Waals surface area contributed by atoms with Crippen LogP contribution in [0.1, 0.15) is 10.4 Å². The van der Waals surface area contributed by atoms with Gasteiger partial charge in [-0.1, -0.05) is 11.6 Å². The molecule has 0 fully saturated rings. The van der Waals surface area contributed by atoms with Gasteiger partial charge in [-0.05, 0) is 48.5 Å². The first-order valence-electron chi connectivity index (χ1n) is 9.82. The Balaban J connectivity index is 1.28. The molecule has 33 heavy (non-hydrogen) atoms. The number of carbonyl (C=O) groups is 1. The average Bonchev–Trinajstić information content (AvgIpc) is 3.29. The normalized spacial score (nSPS) is 14.0. The maximum absolute atomic E-state index is 12.7. The fourth-order valence-electron chi connectivity index (χ4n) is 3.33. The topological polar surface area (TPSA) is 112 Å². The van der Waals surface area contributed by atoms with Crippen molar-refractivity contribution in [3.05, 3.63) is 65.2 Å². The Morgan fingerprint density at radius 2 is 1.55 bits per heavy atom. The van der Waals surface area contributed by atoms with Gasteiger partial charge in [-0.15, -0.1) is 0 Å². The monoisotopic (exact) mass is 488 g/mol. The van der Waals surface area contributed by atoms with Crippen molar-refractivity contribution in [2.45, 2.75) is 4.90 Å². The molecule has 3 aromatic rings. The Morgan fingerprint density at radius 1 is 0.818 bits per heavy atom. The lowest BCUT2D eigenvalue weighted by molar-refractivity contribution is 0.102. The van der Waals surface area contributed by atoms with Gasteiger partial charge < -0.3 is 24.3 Å². The summed E-state index contributed by atoms with van der Waals surface area (Å²) in [6, 6.07) is 13.7. The van der Waals surface area contributed by atoms with E-state index < -0.39 is 15.9 Å². The molecule has 11 heteroatoms. The van der Waals surface area contributed by atoms with Gasteiger partial charge >= 0.3 is 0 Å². The average molecular weight is 489 g/mol. The Kier molecular flexibility index (Phi) is 5.39. The van der Waals surface area contributed by atoms with Gasteiger partial charge in [0.15, 0.2) is 23.0 Å². The predicted octanol–water partition coefficient (Wildman–Crippen LogP) is 3.89. The van der Waals surface area contributed by atoms with Crippen LogP contribution in [0, 0.1) is 0 Å². The maximum Gasteiger partial charge on any atom is 0.262 e. The molecule has 1 amide bonds. The van der Waals surface area contributed by atoms with Crippen molar-refractivity contribution in [3.63, 3.8) is 0 Å². The number of ether oxygens (including phenoxy) is 4. The number of sulfonamides is 1. The first-order chi connectivity index (χ1) is 15.9. The fraction of sp³-hybridized carbons (Fsp3) is 0.136.